The van der Waals surface area contributed by atoms with Gasteiger partial charge in [-0.3, -0.25) is 0 Å². The first kappa shape index (κ1) is 14.4. The van der Waals surface area contributed by atoms with Gasteiger partial charge >= 0.3 is 0 Å². The predicted molar refractivity (Wildman–Crippen MR) is 77.6 cm³/mol. The molecule has 1 aromatic carbocycles. The lowest BCUT2D eigenvalue weighted by Gasteiger charge is -2.41. The molecular formula is C16H25NO2. The van der Waals surface area contributed by atoms with Crippen LogP contribution in [-0.4, -0.2) is 25.3 Å². The molecule has 0 radical (unpaired) electrons. The molecule has 0 bridgehead atoms. The summed E-state index contributed by atoms with van der Waals surface area (Å²) in [6, 6.07) is 8.27. The van der Waals surface area contributed by atoms with Gasteiger partial charge in [-0.15, -0.1) is 0 Å². The fourth-order valence-corrected chi connectivity index (χ4v) is 2.61. The van der Waals surface area contributed by atoms with Crippen LogP contribution >= 0.6 is 0 Å². The second kappa shape index (κ2) is 6.40. The molecule has 3 nitrogen and oxygen atoms in total. The van der Waals surface area contributed by atoms with E-state index in [1.54, 1.807) is 0 Å². The van der Waals surface area contributed by atoms with Crippen molar-refractivity contribution < 1.29 is 9.47 Å². The zero-order valence-electron chi connectivity index (χ0n) is 12.2. The van der Waals surface area contributed by atoms with Crippen molar-refractivity contribution in [2.45, 2.75) is 45.3 Å². The molecule has 1 aliphatic heterocycles. The second-order valence-corrected chi connectivity index (χ2v) is 5.13. The van der Waals surface area contributed by atoms with E-state index in [-0.39, 0.29) is 11.7 Å². The molecule has 0 aliphatic carbocycles. The Morgan fingerprint density at radius 1 is 1.21 bits per heavy atom. The third-order valence-corrected chi connectivity index (χ3v) is 4.02. The summed E-state index contributed by atoms with van der Waals surface area (Å²) in [5.74, 6) is 0.923. The van der Waals surface area contributed by atoms with Crippen molar-refractivity contribution in [3.8, 4) is 5.75 Å². The average molecular weight is 263 g/mol. The highest BCUT2D eigenvalue weighted by Crippen LogP contribution is 2.32. The van der Waals surface area contributed by atoms with Crippen molar-refractivity contribution in [2.24, 2.45) is 0 Å². The van der Waals surface area contributed by atoms with Gasteiger partial charge in [0.05, 0.1) is 18.3 Å². The van der Waals surface area contributed by atoms with Gasteiger partial charge in [0, 0.05) is 13.1 Å². The van der Waals surface area contributed by atoms with E-state index < -0.39 is 0 Å². The first-order valence-electron chi connectivity index (χ1n) is 7.34. The quantitative estimate of drug-likeness (QED) is 0.884. The molecular weight excluding hydrogens is 238 g/mol. The number of hydrogen-bond acceptors (Lipinski definition) is 3. The predicted octanol–water partition coefficient (Wildman–Crippen LogP) is 3.31. The number of ether oxygens (including phenoxy) is 2. The van der Waals surface area contributed by atoms with Crippen LogP contribution in [0, 0.1) is 0 Å². The Balaban J connectivity index is 2.08. The third-order valence-electron chi connectivity index (χ3n) is 4.02. The van der Waals surface area contributed by atoms with Crippen LogP contribution in [0.15, 0.2) is 24.3 Å². The second-order valence-electron chi connectivity index (χ2n) is 5.13. The van der Waals surface area contributed by atoms with Gasteiger partial charge in [0.1, 0.15) is 5.75 Å². The zero-order valence-corrected chi connectivity index (χ0v) is 12.2. The van der Waals surface area contributed by atoms with E-state index in [1.807, 2.05) is 19.1 Å². The first-order chi connectivity index (χ1) is 9.23. The van der Waals surface area contributed by atoms with Gasteiger partial charge in [0.2, 0.25) is 0 Å². The van der Waals surface area contributed by atoms with Crippen LogP contribution in [0.2, 0.25) is 0 Å². The highest BCUT2D eigenvalue weighted by Gasteiger charge is 2.34. The van der Waals surface area contributed by atoms with Gasteiger partial charge in [-0.1, -0.05) is 26.0 Å². The molecule has 0 aromatic heterocycles. The number of morpholine rings is 1. The Bertz CT molecular complexity index is 384. The molecule has 106 valence electrons. The van der Waals surface area contributed by atoms with Gasteiger partial charge in [-0.25, -0.2) is 0 Å². The smallest absolute Gasteiger partial charge is 0.119 e. The summed E-state index contributed by atoms with van der Waals surface area (Å²) in [7, 11) is 0. The average Bonchev–Trinajstić information content (AvgIpc) is 2.48. The largest absolute Gasteiger partial charge is 0.494 e. The lowest BCUT2D eigenvalue weighted by molar-refractivity contribution is -0.122. The highest BCUT2D eigenvalue weighted by molar-refractivity contribution is 5.29. The summed E-state index contributed by atoms with van der Waals surface area (Å²) in [4.78, 5) is 0. The molecule has 1 N–H and O–H groups in total. The maximum absolute atomic E-state index is 6.35. The molecule has 3 heteroatoms. The normalized spacial score (nSPS) is 22.2. The van der Waals surface area contributed by atoms with Gasteiger partial charge in [-0.05, 0) is 37.5 Å². The van der Waals surface area contributed by atoms with Crippen molar-refractivity contribution in [1.82, 2.24) is 5.32 Å². The van der Waals surface area contributed by atoms with Gasteiger partial charge in [0.15, 0.2) is 0 Å². The lowest BCUT2D eigenvalue weighted by Crippen LogP contribution is -2.50. The lowest BCUT2D eigenvalue weighted by atomic mass is 9.93. The zero-order chi connectivity index (χ0) is 13.7. The van der Waals surface area contributed by atoms with Crippen LogP contribution < -0.4 is 10.1 Å². The SMILES string of the molecule is CCOc1ccc(C2CNCC(CC)(CC)O2)cc1. The van der Waals surface area contributed by atoms with Crippen molar-refractivity contribution in [1.29, 1.82) is 0 Å². The minimum absolute atomic E-state index is 0.0124. The van der Waals surface area contributed by atoms with Crippen molar-refractivity contribution in [2.75, 3.05) is 19.7 Å². The number of nitrogens with one attached hydrogen (secondary N) is 1. The molecule has 0 spiro atoms. The summed E-state index contributed by atoms with van der Waals surface area (Å²) in [5.41, 5.74) is 1.21. The Kier molecular flexibility index (Phi) is 4.83. The standard InChI is InChI=1S/C16H25NO2/c1-4-16(5-2)12-17-11-15(19-16)13-7-9-14(10-8-13)18-6-3/h7-10,15,17H,4-6,11-12H2,1-3H3. The maximum Gasteiger partial charge on any atom is 0.119 e. The molecule has 0 amide bonds. The van der Waals surface area contributed by atoms with E-state index in [2.05, 4.69) is 31.3 Å². The first-order valence-corrected chi connectivity index (χ1v) is 7.34. The fraction of sp³-hybridized carbons (Fsp3) is 0.625. The Labute approximate surface area is 116 Å². The van der Waals surface area contributed by atoms with E-state index in [0.29, 0.717) is 6.61 Å². The van der Waals surface area contributed by atoms with Crippen molar-refractivity contribution >= 4 is 0 Å². The van der Waals surface area contributed by atoms with E-state index in [0.717, 1.165) is 31.7 Å². The van der Waals surface area contributed by atoms with Gasteiger partial charge in [0.25, 0.3) is 0 Å². The number of benzene rings is 1. The molecule has 2 rings (SSSR count). The van der Waals surface area contributed by atoms with E-state index in [9.17, 15) is 0 Å². The molecule has 1 saturated heterocycles. The van der Waals surface area contributed by atoms with Crippen LogP contribution in [0.1, 0.15) is 45.3 Å². The summed E-state index contributed by atoms with van der Waals surface area (Å²) >= 11 is 0. The Morgan fingerprint density at radius 3 is 2.47 bits per heavy atom. The third kappa shape index (κ3) is 3.28. The van der Waals surface area contributed by atoms with E-state index >= 15 is 0 Å². The van der Waals surface area contributed by atoms with E-state index in [1.165, 1.54) is 5.56 Å². The molecule has 1 aromatic rings. The maximum atomic E-state index is 6.35. The molecule has 19 heavy (non-hydrogen) atoms. The summed E-state index contributed by atoms with van der Waals surface area (Å²) in [5, 5.41) is 3.51. The van der Waals surface area contributed by atoms with Crippen LogP contribution in [0.3, 0.4) is 0 Å². The van der Waals surface area contributed by atoms with Crippen LogP contribution in [0.25, 0.3) is 0 Å². The Morgan fingerprint density at radius 2 is 1.89 bits per heavy atom. The van der Waals surface area contributed by atoms with Crippen LogP contribution in [0.4, 0.5) is 0 Å². The fourth-order valence-electron chi connectivity index (χ4n) is 2.61. The van der Waals surface area contributed by atoms with Crippen molar-refractivity contribution in [3.63, 3.8) is 0 Å². The summed E-state index contributed by atoms with van der Waals surface area (Å²) in [6.07, 6.45) is 2.23. The van der Waals surface area contributed by atoms with Crippen molar-refractivity contribution in [3.05, 3.63) is 29.8 Å². The monoisotopic (exact) mass is 263 g/mol. The molecule has 1 fully saturated rings. The molecule has 1 aliphatic rings. The van der Waals surface area contributed by atoms with Crippen LogP contribution in [0.5, 0.6) is 5.75 Å². The van der Waals surface area contributed by atoms with E-state index in [4.69, 9.17) is 9.47 Å². The summed E-state index contributed by atoms with van der Waals surface area (Å²) < 4.78 is 11.8. The molecule has 0 saturated carbocycles. The minimum atomic E-state index is -0.0124. The van der Waals surface area contributed by atoms with Gasteiger partial charge < -0.3 is 14.8 Å². The molecule has 1 unspecified atom stereocenters. The minimum Gasteiger partial charge on any atom is -0.494 e. The Hall–Kier alpha value is -1.06. The highest BCUT2D eigenvalue weighted by atomic mass is 16.5. The molecule has 1 heterocycles. The van der Waals surface area contributed by atoms with Crippen LogP contribution in [-0.2, 0) is 4.74 Å². The van der Waals surface area contributed by atoms with Gasteiger partial charge in [-0.2, -0.15) is 0 Å². The molecule has 1 atom stereocenters. The summed E-state index contributed by atoms with van der Waals surface area (Å²) in [6.45, 7) is 8.94. The number of hydrogen-bond donors (Lipinski definition) is 1. The number of rotatable bonds is 5. The topological polar surface area (TPSA) is 30.5 Å².